The molecule has 9 heteroatoms. The van der Waals surface area contributed by atoms with E-state index >= 15 is 0 Å². The molecule has 32 heavy (non-hydrogen) atoms. The predicted molar refractivity (Wildman–Crippen MR) is 119 cm³/mol. The molecule has 0 bridgehead atoms. The van der Waals surface area contributed by atoms with Crippen molar-refractivity contribution in [2.45, 2.75) is 26.1 Å². The van der Waals surface area contributed by atoms with Crippen LogP contribution < -0.4 is 17.2 Å². The first-order valence-electron chi connectivity index (χ1n) is 10.0. The number of phenols is 1. The summed E-state index contributed by atoms with van der Waals surface area (Å²) < 4.78 is 20.4. The first kappa shape index (κ1) is 23.0. The Labute approximate surface area is 185 Å². The maximum atomic E-state index is 14.4. The van der Waals surface area contributed by atoms with Crippen LogP contribution in [0.3, 0.4) is 0 Å². The van der Waals surface area contributed by atoms with Gasteiger partial charge in [0.05, 0.1) is 17.4 Å². The quantitative estimate of drug-likeness (QED) is 0.443. The van der Waals surface area contributed by atoms with Crippen LogP contribution in [0.15, 0.2) is 54.0 Å². The number of hydrogen-bond donors (Lipinski definition) is 5. The van der Waals surface area contributed by atoms with Crippen LogP contribution >= 0.6 is 0 Å². The van der Waals surface area contributed by atoms with Gasteiger partial charge in [0.1, 0.15) is 23.5 Å². The Kier molecular flexibility index (Phi) is 6.59. The lowest BCUT2D eigenvalue weighted by Crippen LogP contribution is -2.43. The third kappa shape index (κ3) is 4.78. The van der Waals surface area contributed by atoms with Gasteiger partial charge in [-0.3, -0.25) is 0 Å². The molecular formula is C23H27FN4O4. The molecule has 2 aromatic carbocycles. The van der Waals surface area contributed by atoms with Gasteiger partial charge in [-0.15, -0.1) is 0 Å². The number of hydrogen-bond acceptors (Lipinski definition) is 7. The fourth-order valence-corrected chi connectivity index (χ4v) is 3.83. The maximum absolute atomic E-state index is 14.4. The standard InChI is InChI=1S/C23H27FN4O4/c1-12-7-16(23(30)31)17(24)8-15(12)21-11-28(10-13(2)32-21)19(22(26)27)9-18(25)14-5-3-4-6-20(14)29/h3-9,13,21,29H,10-11,25-27H2,1-2H3,(H,30,31)/b18-9-. The highest BCUT2D eigenvalue weighted by Crippen LogP contribution is 2.32. The number of nitrogens with two attached hydrogens (primary N) is 3. The number of carboxylic acids is 1. The summed E-state index contributed by atoms with van der Waals surface area (Å²) in [5, 5.41) is 19.2. The first-order chi connectivity index (χ1) is 15.1. The largest absolute Gasteiger partial charge is 0.507 e. The van der Waals surface area contributed by atoms with Crippen LogP contribution in [0.1, 0.15) is 40.1 Å². The van der Waals surface area contributed by atoms with E-state index in [0.717, 1.165) is 0 Å². The molecule has 1 heterocycles. The number of aryl methyl sites for hydroxylation is 1. The Morgan fingerprint density at radius 1 is 1.19 bits per heavy atom. The summed E-state index contributed by atoms with van der Waals surface area (Å²) in [6.45, 7) is 4.30. The Hall–Kier alpha value is -3.72. The Bertz CT molecular complexity index is 1100. The molecule has 8 N–H and O–H groups in total. The summed E-state index contributed by atoms with van der Waals surface area (Å²) in [5.74, 6) is -2.11. The van der Waals surface area contributed by atoms with Gasteiger partial charge in [0.2, 0.25) is 0 Å². The molecule has 0 saturated carbocycles. The third-order valence-electron chi connectivity index (χ3n) is 5.34. The molecule has 1 saturated heterocycles. The van der Waals surface area contributed by atoms with Gasteiger partial charge < -0.3 is 37.1 Å². The van der Waals surface area contributed by atoms with Crippen LogP contribution in [0.4, 0.5) is 4.39 Å². The zero-order chi connectivity index (χ0) is 23.6. The van der Waals surface area contributed by atoms with Crippen molar-refractivity contribution < 1.29 is 24.1 Å². The molecule has 1 aliphatic rings. The molecule has 3 rings (SSSR count). The molecule has 2 unspecified atom stereocenters. The number of halogens is 1. The number of allylic oxidation sites excluding steroid dienone is 1. The summed E-state index contributed by atoms with van der Waals surface area (Å²) in [4.78, 5) is 13.1. The van der Waals surface area contributed by atoms with Gasteiger partial charge in [-0.05, 0) is 55.3 Å². The number of nitrogens with zero attached hydrogens (tertiary/aromatic N) is 1. The van der Waals surface area contributed by atoms with Crippen molar-refractivity contribution in [3.05, 3.63) is 82.1 Å². The number of aromatic carboxylic acids is 1. The molecule has 2 aromatic rings. The molecule has 170 valence electrons. The van der Waals surface area contributed by atoms with Gasteiger partial charge in [0.25, 0.3) is 0 Å². The zero-order valence-corrected chi connectivity index (χ0v) is 17.9. The van der Waals surface area contributed by atoms with Gasteiger partial charge >= 0.3 is 5.97 Å². The number of rotatable bonds is 5. The van der Waals surface area contributed by atoms with Gasteiger partial charge in [-0.25, -0.2) is 9.18 Å². The molecule has 0 aliphatic carbocycles. The molecule has 8 nitrogen and oxygen atoms in total. The lowest BCUT2D eigenvalue weighted by atomic mass is 9.98. The van der Waals surface area contributed by atoms with E-state index in [4.69, 9.17) is 27.0 Å². The second kappa shape index (κ2) is 9.19. The van der Waals surface area contributed by atoms with Crippen LogP contribution in [-0.2, 0) is 4.74 Å². The van der Waals surface area contributed by atoms with E-state index in [0.29, 0.717) is 28.9 Å². The lowest BCUT2D eigenvalue weighted by molar-refractivity contribution is -0.0687. The first-order valence-corrected chi connectivity index (χ1v) is 10.0. The lowest BCUT2D eigenvalue weighted by Gasteiger charge is -2.39. The van der Waals surface area contributed by atoms with Crippen LogP contribution in [0.25, 0.3) is 5.70 Å². The molecule has 0 aromatic heterocycles. The van der Waals surface area contributed by atoms with E-state index < -0.39 is 23.5 Å². The number of para-hydroxylation sites is 1. The fraction of sp³-hybridized carbons (Fsp3) is 0.261. The van der Waals surface area contributed by atoms with E-state index in [1.54, 1.807) is 31.2 Å². The molecule has 0 spiro atoms. The van der Waals surface area contributed by atoms with Gasteiger partial charge in [-0.2, -0.15) is 0 Å². The average Bonchev–Trinajstić information content (AvgIpc) is 2.72. The van der Waals surface area contributed by atoms with Crippen molar-refractivity contribution in [2.75, 3.05) is 13.1 Å². The number of benzene rings is 2. The number of carbonyl (C=O) groups is 1. The molecule has 1 aliphatic heterocycles. The Morgan fingerprint density at radius 3 is 2.50 bits per heavy atom. The second-order valence-corrected chi connectivity index (χ2v) is 7.79. The maximum Gasteiger partial charge on any atom is 0.338 e. The minimum Gasteiger partial charge on any atom is -0.507 e. The molecule has 2 atom stereocenters. The van der Waals surface area contributed by atoms with Crippen molar-refractivity contribution >= 4 is 11.7 Å². The minimum absolute atomic E-state index is 0.0223. The Balaban J connectivity index is 1.95. The molecule has 0 amide bonds. The SMILES string of the molecule is Cc1cc(C(=O)O)c(F)cc1C1CN(C(/C=C(\N)c2ccccc2O)=C(N)N)CC(C)O1. The van der Waals surface area contributed by atoms with Crippen molar-refractivity contribution in [1.29, 1.82) is 0 Å². The third-order valence-corrected chi connectivity index (χ3v) is 5.34. The summed E-state index contributed by atoms with van der Waals surface area (Å²) in [7, 11) is 0. The highest BCUT2D eigenvalue weighted by Gasteiger charge is 2.30. The van der Waals surface area contributed by atoms with Crippen molar-refractivity contribution in [3.8, 4) is 5.75 Å². The molecule has 0 radical (unpaired) electrons. The summed E-state index contributed by atoms with van der Waals surface area (Å²) in [5.41, 5.74) is 20.0. The summed E-state index contributed by atoms with van der Waals surface area (Å²) >= 11 is 0. The van der Waals surface area contributed by atoms with Gasteiger partial charge in [0.15, 0.2) is 0 Å². The highest BCUT2D eigenvalue weighted by atomic mass is 19.1. The highest BCUT2D eigenvalue weighted by molar-refractivity contribution is 5.88. The van der Waals surface area contributed by atoms with E-state index in [-0.39, 0.29) is 29.9 Å². The number of phenolic OH excluding ortho intramolecular Hbond substituents is 1. The number of ether oxygens (including phenoxy) is 1. The second-order valence-electron chi connectivity index (χ2n) is 7.79. The van der Waals surface area contributed by atoms with Gasteiger partial charge in [0, 0.05) is 24.4 Å². The van der Waals surface area contributed by atoms with Crippen molar-refractivity contribution in [3.63, 3.8) is 0 Å². The van der Waals surface area contributed by atoms with E-state index in [1.807, 2.05) is 11.8 Å². The number of morpholine rings is 1. The minimum atomic E-state index is -1.33. The van der Waals surface area contributed by atoms with Gasteiger partial charge in [-0.1, -0.05) is 12.1 Å². The predicted octanol–water partition coefficient (Wildman–Crippen LogP) is 2.39. The summed E-state index contributed by atoms with van der Waals surface area (Å²) in [6.07, 6.45) is 0.773. The summed E-state index contributed by atoms with van der Waals surface area (Å²) in [6, 6.07) is 9.12. The van der Waals surface area contributed by atoms with Crippen LogP contribution in [0.5, 0.6) is 5.75 Å². The fourth-order valence-electron chi connectivity index (χ4n) is 3.83. The van der Waals surface area contributed by atoms with Crippen LogP contribution in [0, 0.1) is 12.7 Å². The van der Waals surface area contributed by atoms with E-state index in [1.165, 1.54) is 18.2 Å². The van der Waals surface area contributed by atoms with E-state index in [9.17, 15) is 14.3 Å². The smallest absolute Gasteiger partial charge is 0.338 e. The normalized spacial score (nSPS) is 19.0. The average molecular weight is 442 g/mol. The monoisotopic (exact) mass is 442 g/mol. The molecular weight excluding hydrogens is 415 g/mol. The number of aromatic hydroxyl groups is 1. The topological polar surface area (TPSA) is 148 Å². The van der Waals surface area contributed by atoms with Crippen molar-refractivity contribution in [1.82, 2.24) is 4.90 Å². The number of carboxylic acid groups (broad SMARTS) is 1. The van der Waals surface area contributed by atoms with Crippen molar-refractivity contribution in [2.24, 2.45) is 17.2 Å². The van der Waals surface area contributed by atoms with Crippen LogP contribution in [0.2, 0.25) is 0 Å². The molecule has 1 fully saturated rings. The Morgan fingerprint density at radius 2 is 1.88 bits per heavy atom. The van der Waals surface area contributed by atoms with E-state index in [2.05, 4.69) is 0 Å². The zero-order valence-electron chi connectivity index (χ0n) is 17.9. The van der Waals surface area contributed by atoms with Crippen LogP contribution in [-0.4, -0.2) is 40.3 Å².